The summed E-state index contributed by atoms with van der Waals surface area (Å²) in [5, 5.41) is 2.09. The molecule has 0 saturated heterocycles. The Morgan fingerprint density at radius 3 is 2.24 bits per heavy atom. The summed E-state index contributed by atoms with van der Waals surface area (Å²) in [5.74, 6) is 4.03. The SMILES string of the molecule is C=S(=O)(NCCC[N+](C)(C)CCCN)c1cccc2c(N(C)C)cccc12.CC. The van der Waals surface area contributed by atoms with Crippen molar-refractivity contribution in [1.82, 2.24) is 4.72 Å². The molecule has 0 saturated carbocycles. The van der Waals surface area contributed by atoms with Crippen LogP contribution in [0.4, 0.5) is 5.69 Å². The van der Waals surface area contributed by atoms with Crippen molar-refractivity contribution in [3.63, 3.8) is 0 Å². The molecule has 0 aromatic heterocycles. The van der Waals surface area contributed by atoms with Gasteiger partial charge in [-0.05, 0) is 24.5 Å². The number of anilines is 1. The molecule has 0 amide bonds. The molecule has 2 aromatic rings. The molecule has 164 valence electrons. The van der Waals surface area contributed by atoms with Crippen molar-refractivity contribution in [2.45, 2.75) is 31.6 Å². The van der Waals surface area contributed by atoms with Crippen molar-refractivity contribution in [3.8, 4) is 0 Å². The minimum Gasteiger partial charge on any atom is -0.377 e. The van der Waals surface area contributed by atoms with Crippen LogP contribution in [-0.2, 0) is 9.71 Å². The van der Waals surface area contributed by atoms with Crippen LogP contribution in [0.2, 0.25) is 0 Å². The van der Waals surface area contributed by atoms with Gasteiger partial charge in [0.25, 0.3) is 0 Å². The fraction of sp³-hybridized carbons (Fsp3) is 0.522. The standard InChI is InChI=1S/C21H35N4OS.C2H6/c1-24(2)20-12-6-11-19-18(20)10-7-13-21(19)27(5,26)23-15-9-17-25(3,4)16-8-14-22;1-2/h6-7,10-13H,5,8-9,14-17,22H2,1-4H3,(H,23,26);1-2H3/q+1;. The van der Waals surface area contributed by atoms with Crippen LogP contribution in [0.3, 0.4) is 0 Å². The first-order chi connectivity index (χ1) is 13.7. The predicted molar refractivity (Wildman–Crippen MR) is 131 cm³/mol. The minimum atomic E-state index is -2.56. The summed E-state index contributed by atoms with van der Waals surface area (Å²) in [5.41, 5.74) is 6.73. The van der Waals surface area contributed by atoms with Crippen LogP contribution < -0.4 is 15.4 Å². The molecule has 0 radical (unpaired) electrons. The van der Waals surface area contributed by atoms with Crippen molar-refractivity contribution in [1.29, 1.82) is 0 Å². The van der Waals surface area contributed by atoms with Gasteiger partial charge in [0.1, 0.15) is 0 Å². The van der Waals surface area contributed by atoms with Crippen LogP contribution in [0, 0.1) is 0 Å². The van der Waals surface area contributed by atoms with E-state index in [-0.39, 0.29) is 0 Å². The summed E-state index contributed by atoms with van der Waals surface area (Å²) < 4.78 is 17.5. The first-order valence-corrected chi connectivity index (χ1v) is 12.2. The number of fused-ring (bicyclic) bond motifs is 1. The maximum atomic E-state index is 13.3. The molecule has 1 unspecified atom stereocenters. The number of quaternary nitrogens is 1. The van der Waals surface area contributed by atoms with Crippen molar-refractivity contribution in [3.05, 3.63) is 36.4 Å². The highest BCUT2D eigenvalue weighted by molar-refractivity contribution is 7.98. The maximum Gasteiger partial charge on any atom is 0.0795 e. The van der Waals surface area contributed by atoms with Crippen LogP contribution in [0.25, 0.3) is 10.8 Å². The van der Waals surface area contributed by atoms with Gasteiger partial charge in [-0.25, -0.2) is 8.93 Å². The third-order valence-corrected chi connectivity index (χ3v) is 6.68. The van der Waals surface area contributed by atoms with Gasteiger partial charge in [0.15, 0.2) is 0 Å². The highest BCUT2D eigenvalue weighted by Gasteiger charge is 2.16. The first-order valence-electron chi connectivity index (χ1n) is 10.5. The summed E-state index contributed by atoms with van der Waals surface area (Å²) in [4.78, 5) is 2.85. The second-order valence-corrected chi connectivity index (χ2v) is 10.1. The summed E-state index contributed by atoms with van der Waals surface area (Å²) in [7, 11) is 5.91. The van der Waals surface area contributed by atoms with E-state index in [1.165, 1.54) is 0 Å². The maximum absolute atomic E-state index is 13.3. The number of rotatable bonds is 10. The average Bonchev–Trinajstić information content (AvgIpc) is 2.70. The Bertz CT molecular complexity index is 860. The molecule has 3 N–H and O–H groups in total. The third-order valence-electron chi connectivity index (χ3n) is 4.94. The van der Waals surface area contributed by atoms with E-state index in [1.54, 1.807) is 0 Å². The van der Waals surface area contributed by atoms with E-state index >= 15 is 0 Å². The van der Waals surface area contributed by atoms with Crippen molar-refractivity contribution < 1.29 is 8.69 Å². The van der Waals surface area contributed by atoms with Gasteiger partial charge in [0.2, 0.25) is 0 Å². The lowest BCUT2D eigenvalue weighted by Gasteiger charge is -2.29. The summed E-state index contributed by atoms with van der Waals surface area (Å²) in [6, 6.07) is 12.1. The van der Waals surface area contributed by atoms with Gasteiger partial charge in [0.05, 0.1) is 41.8 Å². The van der Waals surface area contributed by atoms with E-state index in [0.717, 1.165) is 58.3 Å². The van der Waals surface area contributed by atoms with Crippen LogP contribution in [0.5, 0.6) is 0 Å². The number of nitrogens with one attached hydrogen (secondary N) is 1. The van der Waals surface area contributed by atoms with Crippen molar-refractivity contribution in [2.75, 3.05) is 59.3 Å². The third kappa shape index (κ3) is 7.30. The number of hydrogen-bond acceptors (Lipinski definition) is 3. The van der Waals surface area contributed by atoms with Gasteiger partial charge in [-0.2, -0.15) is 0 Å². The molecule has 29 heavy (non-hydrogen) atoms. The molecule has 5 nitrogen and oxygen atoms in total. The second-order valence-electron chi connectivity index (χ2n) is 7.97. The fourth-order valence-corrected chi connectivity index (χ4v) is 4.86. The van der Waals surface area contributed by atoms with Gasteiger partial charge in [-0.15, -0.1) is 0 Å². The quantitative estimate of drug-likeness (QED) is 0.351. The van der Waals surface area contributed by atoms with Gasteiger partial charge in [0, 0.05) is 49.9 Å². The van der Waals surface area contributed by atoms with Gasteiger partial charge >= 0.3 is 0 Å². The Hall–Kier alpha value is -1.60. The van der Waals surface area contributed by atoms with Gasteiger partial charge in [-0.1, -0.05) is 38.1 Å². The predicted octanol–water partition coefficient (Wildman–Crippen LogP) is 3.33. The summed E-state index contributed by atoms with van der Waals surface area (Å²) >= 11 is 0. The molecule has 0 fully saturated rings. The van der Waals surface area contributed by atoms with E-state index in [0.29, 0.717) is 6.54 Å². The highest BCUT2D eigenvalue weighted by atomic mass is 32.2. The molecule has 0 aliphatic heterocycles. The zero-order chi connectivity index (χ0) is 22.1. The first kappa shape index (κ1) is 25.4. The zero-order valence-electron chi connectivity index (χ0n) is 19.2. The summed E-state index contributed by atoms with van der Waals surface area (Å²) in [6.07, 6.45) is 1.97. The zero-order valence-corrected chi connectivity index (χ0v) is 20.0. The largest absolute Gasteiger partial charge is 0.377 e. The number of hydrogen-bond donors (Lipinski definition) is 2. The lowest BCUT2D eigenvalue weighted by molar-refractivity contribution is -0.890. The van der Waals surface area contributed by atoms with E-state index in [1.807, 2.05) is 52.2 Å². The lowest BCUT2D eigenvalue weighted by atomic mass is 10.1. The average molecular weight is 422 g/mol. The number of benzene rings is 2. The molecule has 0 aliphatic carbocycles. The molecular weight excluding hydrogens is 380 g/mol. The molecular formula is C23H41N4OS+. The van der Waals surface area contributed by atoms with E-state index < -0.39 is 9.71 Å². The Balaban J connectivity index is 0.00000204. The Labute approximate surface area is 178 Å². The summed E-state index contributed by atoms with van der Waals surface area (Å²) in [6.45, 7) is 7.48. The lowest BCUT2D eigenvalue weighted by Crippen LogP contribution is -2.43. The fourth-order valence-electron chi connectivity index (χ4n) is 3.40. The molecule has 0 spiro atoms. The smallest absolute Gasteiger partial charge is 0.0795 e. The molecule has 2 aromatic carbocycles. The molecule has 0 bridgehead atoms. The van der Waals surface area contributed by atoms with Crippen LogP contribution in [0.15, 0.2) is 41.3 Å². The van der Waals surface area contributed by atoms with Crippen LogP contribution >= 0.6 is 0 Å². The molecule has 2 rings (SSSR count). The normalized spacial score (nSPS) is 13.5. The Kier molecular flexibility index (Phi) is 10.1. The van der Waals surface area contributed by atoms with Gasteiger partial charge < -0.3 is 15.1 Å². The number of nitrogens with two attached hydrogens (primary N) is 1. The molecule has 6 heteroatoms. The van der Waals surface area contributed by atoms with E-state index in [2.05, 4.69) is 41.7 Å². The molecule has 0 aliphatic rings. The van der Waals surface area contributed by atoms with E-state index in [4.69, 9.17) is 5.73 Å². The Morgan fingerprint density at radius 2 is 1.62 bits per heavy atom. The second kappa shape index (κ2) is 11.6. The van der Waals surface area contributed by atoms with Crippen molar-refractivity contribution in [2.24, 2.45) is 5.73 Å². The van der Waals surface area contributed by atoms with Crippen LogP contribution in [-0.4, -0.2) is 68.9 Å². The molecule has 1 atom stereocenters. The minimum absolute atomic E-state index is 0.677. The number of nitrogens with zero attached hydrogens (tertiary/aromatic N) is 2. The van der Waals surface area contributed by atoms with Crippen LogP contribution in [0.1, 0.15) is 26.7 Å². The highest BCUT2D eigenvalue weighted by Crippen LogP contribution is 2.30. The topological polar surface area (TPSA) is 58.4 Å². The van der Waals surface area contributed by atoms with Gasteiger partial charge in [-0.3, -0.25) is 0 Å². The Morgan fingerprint density at radius 1 is 1.03 bits per heavy atom. The monoisotopic (exact) mass is 421 g/mol. The van der Waals surface area contributed by atoms with Crippen molar-refractivity contribution >= 4 is 32.0 Å². The molecule has 0 heterocycles. The van der Waals surface area contributed by atoms with E-state index in [9.17, 15) is 4.21 Å².